The van der Waals surface area contributed by atoms with Gasteiger partial charge in [0.2, 0.25) is 0 Å². The number of hydrogen-bond donors (Lipinski definition) is 0. The van der Waals surface area contributed by atoms with Crippen molar-refractivity contribution in [3.63, 3.8) is 0 Å². The normalized spacial score (nSPS) is 18.8. The van der Waals surface area contributed by atoms with Gasteiger partial charge in [0, 0.05) is 12.8 Å². The van der Waals surface area contributed by atoms with Crippen molar-refractivity contribution in [3.8, 4) is 34.5 Å². The topological polar surface area (TPSA) is 90.9 Å². The highest BCUT2D eigenvalue weighted by molar-refractivity contribution is 5.66. The van der Waals surface area contributed by atoms with Gasteiger partial charge in [-0.2, -0.15) is 0 Å². The number of benzene rings is 3. The van der Waals surface area contributed by atoms with E-state index in [1.807, 2.05) is 54.6 Å². The standard InChI is InChI=1S/C35H42O9/c1-22(36)44-35(26-13-16-30(39-4)33(20-26)42-7)27-18-24(10-8-9-23-11-14-28(37-2)31(17-23)40-5)34(43-21-27)25-12-15-29(38-3)32(19-25)41-6/h8-9,11-17,19-20,24,27,34-35H,10,18,21H2,1-7H3/b9-8-/t24-,27-,34-,35?/m1/s1. The predicted octanol–water partition coefficient (Wildman–Crippen LogP) is 6.84. The number of methoxy groups -OCH3 is 6. The van der Waals surface area contributed by atoms with Crippen molar-refractivity contribution < 1.29 is 42.7 Å². The van der Waals surface area contributed by atoms with E-state index < -0.39 is 6.10 Å². The van der Waals surface area contributed by atoms with Crippen LogP contribution in [0.3, 0.4) is 0 Å². The van der Waals surface area contributed by atoms with Gasteiger partial charge in [0.15, 0.2) is 34.5 Å². The van der Waals surface area contributed by atoms with Crippen molar-refractivity contribution >= 4 is 12.0 Å². The summed E-state index contributed by atoms with van der Waals surface area (Å²) in [5.41, 5.74) is 2.79. The zero-order valence-electron chi connectivity index (χ0n) is 26.5. The number of ether oxygens (including phenoxy) is 8. The molecule has 0 spiro atoms. The van der Waals surface area contributed by atoms with Crippen LogP contribution in [-0.4, -0.2) is 55.2 Å². The Morgan fingerprint density at radius 2 is 1.34 bits per heavy atom. The molecule has 0 aromatic heterocycles. The summed E-state index contributed by atoms with van der Waals surface area (Å²) in [6.45, 7) is 1.81. The van der Waals surface area contributed by atoms with Gasteiger partial charge in [0.1, 0.15) is 6.10 Å². The largest absolute Gasteiger partial charge is 0.493 e. The molecule has 1 fully saturated rings. The molecule has 0 radical (unpaired) electrons. The summed E-state index contributed by atoms with van der Waals surface area (Å²) < 4.78 is 45.4. The molecule has 1 saturated heterocycles. The second kappa shape index (κ2) is 15.4. The molecule has 1 heterocycles. The lowest BCUT2D eigenvalue weighted by atomic mass is 9.79. The molecule has 1 unspecified atom stereocenters. The highest BCUT2D eigenvalue weighted by Gasteiger charge is 2.38. The van der Waals surface area contributed by atoms with Gasteiger partial charge in [-0.15, -0.1) is 0 Å². The first-order valence-electron chi connectivity index (χ1n) is 14.5. The highest BCUT2D eigenvalue weighted by atomic mass is 16.5. The van der Waals surface area contributed by atoms with E-state index in [0.717, 1.165) is 23.1 Å². The Hall–Kier alpha value is -4.37. The second-order valence-electron chi connectivity index (χ2n) is 10.5. The summed E-state index contributed by atoms with van der Waals surface area (Å²) in [6.07, 6.45) is 4.91. The van der Waals surface area contributed by atoms with Crippen molar-refractivity contribution in [3.05, 3.63) is 77.4 Å². The third kappa shape index (κ3) is 7.58. The van der Waals surface area contributed by atoms with Crippen LogP contribution in [0.15, 0.2) is 60.7 Å². The van der Waals surface area contributed by atoms with Gasteiger partial charge in [0.05, 0.1) is 55.4 Å². The highest BCUT2D eigenvalue weighted by Crippen LogP contribution is 2.46. The molecule has 1 aliphatic rings. The molecule has 0 saturated carbocycles. The molecule has 0 N–H and O–H groups in total. The first kappa shape index (κ1) is 32.5. The minimum Gasteiger partial charge on any atom is -0.493 e. The zero-order valence-corrected chi connectivity index (χ0v) is 26.5. The van der Waals surface area contributed by atoms with Crippen LogP contribution in [0.2, 0.25) is 0 Å². The van der Waals surface area contributed by atoms with Crippen molar-refractivity contribution in [2.45, 2.75) is 32.0 Å². The van der Waals surface area contributed by atoms with Gasteiger partial charge in [-0.3, -0.25) is 4.79 Å². The molecule has 1 aliphatic heterocycles. The maximum absolute atomic E-state index is 12.3. The van der Waals surface area contributed by atoms with Gasteiger partial charge < -0.3 is 37.9 Å². The van der Waals surface area contributed by atoms with E-state index >= 15 is 0 Å². The fourth-order valence-electron chi connectivity index (χ4n) is 5.75. The Morgan fingerprint density at radius 1 is 0.773 bits per heavy atom. The van der Waals surface area contributed by atoms with E-state index in [1.165, 1.54) is 6.92 Å². The van der Waals surface area contributed by atoms with E-state index in [9.17, 15) is 4.79 Å². The molecule has 3 aromatic carbocycles. The summed E-state index contributed by atoms with van der Waals surface area (Å²) >= 11 is 0. The van der Waals surface area contributed by atoms with E-state index in [2.05, 4.69) is 12.2 Å². The van der Waals surface area contributed by atoms with Gasteiger partial charge in [-0.1, -0.05) is 30.4 Å². The summed E-state index contributed by atoms with van der Waals surface area (Å²) in [4.78, 5) is 12.3. The van der Waals surface area contributed by atoms with Crippen LogP contribution in [0.25, 0.3) is 6.08 Å². The number of esters is 1. The molecular formula is C35H42O9. The van der Waals surface area contributed by atoms with Crippen molar-refractivity contribution in [2.24, 2.45) is 11.8 Å². The number of rotatable bonds is 13. The minimum atomic E-state index is -0.531. The molecule has 0 bridgehead atoms. The van der Waals surface area contributed by atoms with Gasteiger partial charge >= 0.3 is 5.97 Å². The molecule has 9 heteroatoms. The average molecular weight is 607 g/mol. The maximum Gasteiger partial charge on any atom is 0.303 e. The molecule has 236 valence electrons. The van der Waals surface area contributed by atoms with Gasteiger partial charge in [0.25, 0.3) is 0 Å². The number of carbonyl (C=O) groups is 1. The summed E-state index contributed by atoms with van der Waals surface area (Å²) in [5, 5.41) is 0. The molecule has 3 aromatic rings. The van der Waals surface area contributed by atoms with Crippen LogP contribution in [0.4, 0.5) is 0 Å². The molecule has 44 heavy (non-hydrogen) atoms. The predicted molar refractivity (Wildman–Crippen MR) is 167 cm³/mol. The minimum absolute atomic E-state index is 0.0569. The lowest BCUT2D eigenvalue weighted by molar-refractivity contribution is -0.157. The number of carbonyl (C=O) groups excluding carboxylic acids is 1. The Morgan fingerprint density at radius 3 is 1.95 bits per heavy atom. The lowest BCUT2D eigenvalue weighted by Gasteiger charge is -2.39. The molecule has 0 amide bonds. The van der Waals surface area contributed by atoms with Crippen LogP contribution in [0, 0.1) is 11.8 Å². The van der Waals surface area contributed by atoms with Crippen LogP contribution in [0.1, 0.15) is 48.7 Å². The molecular weight excluding hydrogens is 564 g/mol. The maximum atomic E-state index is 12.3. The zero-order chi connectivity index (χ0) is 31.6. The van der Waals surface area contributed by atoms with E-state index in [-0.39, 0.29) is 23.9 Å². The van der Waals surface area contributed by atoms with Gasteiger partial charge in [-0.25, -0.2) is 0 Å². The SMILES string of the molecule is COc1ccc(/C=C\C[C@@H]2C[C@@H](C(OC(C)=O)c3ccc(OC)c(OC)c3)CO[C@H]2c2ccc(OC)c(OC)c2)cc1OC. The monoisotopic (exact) mass is 606 g/mol. The van der Waals surface area contributed by atoms with Crippen molar-refractivity contribution in [1.82, 2.24) is 0 Å². The Kier molecular flexibility index (Phi) is 11.4. The third-order valence-corrected chi connectivity index (χ3v) is 7.87. The number of allylic oxidation sites excluding steroid dienone is 1. The van der Waals surface area contributed by atoms with Crippen LogP contribution >= 0.6 is 0 Å². The Labute approximate surface area is 259 Å². The van der Waals surface area contributed by atoms with Gasteiger partial charge in [-0.05, 0) is 71.8 Å². The number of hydrogen-bond acceptors (Lipinski definition) is 9. The smallest absolute Gasteiger partial charge is 0.303 e. The van der Waals surface area contributed by atoms with Crippen molar-refractivity contribution in [2.75, 3.05) is 49.3 Å². The summed E-state index contributed by atoms with van der Waals surface area (Å²) in [5.74, 6) is 3.38. The average Bonchev–Trinajstić information content (AvgIpc) is 3.06. The fourth-order valence-corrected chi connectivity index (χ4v) is 5.75. The van der Waals surface area contributed by atoms with Crippen LogP contribution in [-0.2, 0) is 14.3 Å². The van der Waals surface area contributed by atoms with E-state index in [1.54, 1.807) is 42.7 Å². The Balaban J connectivity index is 1.66. The Bertz CT molecular complexity index is 1430. The fraction of sp³-hybridized carbons (Fsp3) is 0.400. The van der Waals surface area contributed by atoms with Crippen LogP contribution in [0.5, 0.6) is 34.5 Å². The summed E-state index contributed by atoms with van der Waals surface area (Å²) in [7, 11) is 9.65. The summed E-state index contributed by atoms with van der Waals surface area (Å²) in [6, 6.07) is 17.3. The first-order valence-corrected chi connectivity index (χ1v) is 14.5. The lowest BCUT2D eigenvalue weighted by Crippen LogP contribution is -2.33. The molecule has 9 nitrogen and oxygen atoms in total. The second-order valence-corrected chi connectivity index (χ2v) is 10.5. The van der Waals surface area contributed by atoms with E-state index in [0.29, 0.717) is 47.5 Å². The molecule has 4 atom stereocenters. The molecule has 4 rings (SSSR count). The van der Waals surface area contributed by atoms with Crippen LogP contribution < -0.4 is 28.4 Å². The molecule has 0 aliphatic carbocycles. The first-order chi connectivity index (χ1) is 21.3. The quantitative estimate of drug-likeness (QED) is 0.194. The van der Waals surface area contributed by atoms with E-state index in [4.69, 9.17) is 37.9 Å². The third-order valence-electron chi connectivity index (χ3n) is 7.87. The van der Waals surface area contributed by atoms with Crippen molar-refractivity contribution in [1.29, 1.82) is 0 Å².